The minimum Gasteiger partial charge on any atom is -0.478 e. The van der Waals surface area contributed by atoms with Gasteiger partial charge in [0.05, 0.1) is 45.1 Å². The molecule has 11 heterocycles. The highest BCUT2D eigenvalue weighted by Gasteiger charge is 2.38. The largest absolute Gasteiger partial charge is 0.478 e. The van der Waals surface area contributed by atoms with Gasteiger partial charge in [-0.1, -0.05) is 14.4 Å². The fraction of sp³-hybridized carbons (Fsp3) is 0.301. The van der Waals surface area contributed by atoms with Crippen molar-refractivity contribution in [3.63, 3.8) is 0 Å². The number of carboxylic acid groups (broad SMARTS) is 1. The average Bonchev–Trinajstić information content (AvgIpc) is 1.78. The number of nitrogen functional groups attached to an aromatic ring is 2. The lowest BCUT2D eigenvalue weighted by atomic mass is 10.0. The second-order valence-electron chi connectivity index (χ2n) is 26.7. The van der Waals surface area contributed by atoms with Gasteiger partial charge in [-0.3, -0.25) is 34.1 Å². The Labute approximate surface area is 647 Å². The van der Waals surface area contributed by atoms with E-state index < -0.39 is 23.7 Å². The third-order valence-corrected chi connectivity index (χ3v) is 18.6. The minimum absolute atomic E-state index is 0. The van der Waals surface area contributed by atoms with Crippen LogP contribution in [-0.4, -0.2) is 137 Å². The summed E-state index contributed by atoms with van der Waals surface area (Å²) >= 11 is 9.53. The summed E-state index contributed by atoms with van der Waals surface area (Å²) in [5, 5.41) is 10.9. The number of nitrogens with two attached hydrogens (primary N) is 3. The molecule has 20 nitrogen and oxygen atoms in total. The lowest BCUT2D eigenvalue weighted by molar-refractivity contribution is -0.131. The van der Waals surface area contributed by atoms with E-state index in [0.717, 1.165) is 95.7 Å². The molecule has 0 bridgehead atoms. The first-order valence-electron chi connectivity index (χ1n) is 35.4. The normalized spacial score (nSPS) is 14.9. The summed E-state index contributed by atoms with van der Waals surface area (Å²) in [4.78, 5) is 86.3. The molecule has 7 N–H and O–H groups in total. The van der Waals surface area contributed by atoms with Crippen LogP contribution in [0.4, 0.5) is 38.0 Å². The van der Waals surface area contributed by atoms with Crippen LogP contribution in [0.3, 0.4) is 0 Å². The summed E-state index contributed by atoms with van der Waals surface area (Å²) in [5.74, 6) is -4.64. The molecule has 582 valence electrons. The summed E-state index contributed by atoms with van der Waals surface area (Å²) in [6, 6.07) is 35.0. The van der Waals surface area contributed by atoms with E-state index in [1.807, 2.05) is 100 Å². The lowest BCUT2D eigenvalue weighted by Gasteiger charge is -2.31. The minimum atomic E-state index is -2.72. The molecule has 0 radical (unpaired) electrons. The number of amides is 3. The van der Waals surface area contributed by atoms with Crippen LogP contribution in [0.25, 0.3) is 78.8 Å². The molecule has 3 fully saturated rings. The molecule has 11 aromatic rings. The Bertz CT molecular complexity index is 4990. The first-order valence-corrected chi connectivity index (χ1v) is 36.4. The number of fused-ring (bicyclic) bond motifs is 3. The lowest BCUT2D eigenvalue weighted by Crippen LogP contribution is -2.42. The van der Waals surface area contributed by atoms with E-state index in [0.29, 0.717) is 76.3 Å². The maximum Gasteiger partial charge on any atom is 0.328 e. The van der Waals surface area contributed by atoms with Crippen LogP contribution in [0.2, 0.25) is 0 Å². The van der Waals surface area contributed by atoms with Gasteiger partial charge < -0.3 is 50.3 Å². The number of piperidine rings is 3. The topological polar surface area (TPSA) is 297 Å². The highest BCUT2D eigenvalue weighted by molar-refractivity contribution is 6.40. The zero-order chi connectivity index (χ0) is 79.0. The highest BCUT2D eigenvalue weighted by atomic mass is 35.5. The van der Waals surface area contributed by atoms with Gasteiger partial charge in [-0.15, -0.1) is 23.2 Å². The van der Waals surface area contributed by atoms with Crippen molar-refractivity contribution in [3.8, 4) is 34.0 Å². The number of alkyl halides is 8. The standard InChI is InChI=1S/C30H28F2N4O3.C22H22F2N2O2.C21H21F2N3O2.C8H8N2O2.CH2Cl2.CH4/c1-19-14-26-21(15-22(18-34-26)29(38)36-12-10-30(31,32)11-13-36)16-25(19)27-8-7-24(39-27)6-5-23(37)4-2-20-3-9-28(33)35-17-20;1-3-17-4-5-20(28-17)18-12-15-11-16(13-25-19(15)10-14(18)2)21(27)26-8-6-22(23,24)7-9-26;1-13-8-18-14(10-17(13)19-3-2-16(11-24)28-19)9-15(12-25-18)20(27)26-6-4-21(22,23)5-7-26;9-7-3-1-6(5-10-7)2-4-8(11)12;2-1-3;/h2-4,7-9,14-18H,5-6,10-13H2,1H3,(H2,33,35);4-5,10-13H,3,6-9H2,1-2H3;2-3,8-10,12H,4-7,11,24H2,1H3;1-5H,(H2,9,10)(H,11,12);1H2;1H4/b4-2+;;;4-2+;;. The number of hydrogen-bond donors (Lipinski definition) is 4. The molecule has 0 spiro atoms. The Morgan fingerprint density at radius 3 is 1.13 bits per heavy atom. The van der Waals surface area contributed by atoms with Gasteiger partial charge in [0.15, 0.2) is 5.78 Å². The van der Waals surface area contributed by atoms with Gasteiger partial charge in [0, 0.05) is 167 Å². The Kier molecular flexibility index (Phi) is 28.3. The quantitative estimate of drug-likeness (QED) is 0.0421. The molecule has 0 unspecified atom stereocenters. The predicted molar refractivity (Wildman–Crippen MR) is 420 cm³/mol. The second-order valence-corrected chi connectivity index (χ2v) is 27.5. The number of nitrogens with zero attached hydrogens (tertiary/aromatic N) is 8. The number of benzene rings is 3. The number of carboxylic acids is 1. The number of carbonyl (C=O) groups is 5. The van der Waals surface area contributed by atoms with Crippen LogP contribution >= 0.6 is 23.2 Å². The molecule has 3 aromatic carbocycles. The van der Waals surface area contributed by atoms with Crippen molar-refractivity contribution in [2.45, 2.75) is 117 Å². The van der Waals surface area contributed by atoms with E-state index in [9.17, 15) is 50.3 Å². The fourth-order valence-corrected chi connectivity index (χ4v) is 12.4. The molecule has 0 aliphatic carbocycles. The number of rotatable bonds is 15. The smallest absolute Gasteiger partial charge is 0.328 e. The molecular weight excluding hydrogens is 1480 g/mol. The number of aromatic nitrogens is 5. The Morgan fingerprint density at radius 1 is 0.477 bits per heavy atom. The van der Waals surface area contributed by atoms with Gasteiger partial charge in [-0.05, 0) is 182 Å². The van der Waals surface area contributed by atoms with Gasteiger partial charge >= 0.3 is 5.97 Å². The molecule has 0 saturated carbocycles. The maximum atomic E-state index is 13.5. The van der Waals surface area contributed by atoms with Crippen molar-refractivity contribution in [1.29, 1.82) is 0 Å². The van der Waals surface area contributed by atoms with Gasteiger partial charge in [0.25, 0.3) is 35.5 Å². The van der Waals surface area contributed by atoms with E-state index in [2.05, 4.69) is 24.9 Å². The zero-order valence-corrected chi connectivity index (χ0v) is 62.2. The average molecular weight is 1570 g/mol. The zero-order valence-electron chi connectivity index (χ0n) is 60.7. The SMILES string of the molecule is C.CCc1ccc(-c2cc3cc(C(=O)N4CCC(F)(F)CC4)cnc3cc2C)o1.Cc1cc2ncc(C(=O)N3CCC(F)(F)CC3)cc2cc1-c1ccc(CCC(=O)/C=C/c2ccc(N)nc2)o1.Cc1cc2ncc(C(=O)N3CCC(F)(F)CC3)cc2cc1-c1ccc(CN)o1.ClCCl.Nc1ccc(/C=C/C(=O)O)cn1. The number of aliphatic carboxylic acids is 1. The maximum absolute atomic E-state index is 13.5. The first-order chi connectivity index (χ1) is 52.5. The Balaban J connectivity index is 0.000000177. The number of allylic oxidation sites excluding steroid dienone is 1. The van der Waals surface area contributed by atoms with Gasteiger partial charge in [-0.2, -0.15) is 0 Å². The molecular formula is C83H85Cl2F6N11O9. The molecule has 8 aromatic heterocycles. The number of pyridine rings is 5. The number of carbonyl (C=O) groups excluding carboxylic acids is 4. The number of hydrogen-bond acceptors (Lipinski definition) is 16. The number of likely N-dealkylation sites (tertiary alicyclic amines) is 3. The van der Waals surface area contributed by atoms with Crippen molar-refractivity contribution in [2.75, 3.05) is 56.1 Å². The number of ketones is 1. The van der Waals surface area contributed by atoms with E-state index >= 15 is 0 Å². The first kappa shape index (κ1) is 83.8. The van der Waals surface area contributed by atoms with Crippen LogP contribution in [-0.2, 0) is 29.0 Å². The number of furan rings is 3. The van der Waals surface area contributed by atoms with Crippen molar-refractivity contribution >= 4 is 109 Å². The van der Waals surface area contributed by atoms with Crippen molar-refractivity contribution < 1.29 is 68.7 Å². The Morgan fingerprint density at radius 2 is 0.811 bits per heavy atom. The highest BCUT2D eigenvalue weighted by Crippen LogP contribution is 2.36. The van der Waals surface area contributed by atoms with Gasteiger partial charge in [-0.25, -0.2) is 41.1 Å². The molecule has 3 aliphatic heterocycles. The monoisotopic (exact) mass is 1560 g/mol. The van der Waals surface area contributed by atoms with Crippen LogP contribution in [0.5, 0.6) is 0 Å². The van der Waals surface area contributed by atoms with E-state index in [-0.39, 0.29) is 114 Å². The molecule has 3 amide bonds. The number of halogens is 8. The third-order valence-electron chi connectivity index (χ3n) is 18.6. The van der Waals surface area contributed by atoms with Gasteiger partial charge in [0.2, 0.25) is 0 Å². The van der Waals surface area contributed by atoms with Crippen LogP contribution in [0, 0.1) is 20.8 Å². The fourth-order valence-electron chi connectivity index (χ4n) is 12.4. The van der Waals surface area contributed by atoms with E-state index in [1.54, 1.807) is 54.7 Å². The van der Waals surface area contributed by atoms with Crippen molar-refractivity contribution in [2.24, 2.45) is 5.73 Å². The second kappa shape index (κ2) is 37.5. The van der Waals surface area contributed by atoms with Crippen LogP contribution in [0.15, 0.2) is 172 Å². The third kappa shape index (κ3) is 22.7. The molecule has 3 saturated heterocycles. The molecule has 28 heteroatoms. The Hall–Kier alpha value is -11.2. The summed E-state index contributed by atoms with van der Waals surface area (Å²) in [6.45, 7) is 8.55. The molecule has 14 rings (SSSR count). The summed E-state index contributed by atoms with van der Waals surface area (Å²) in [6.07, 6.45) is 13.1. The summed E-state index contributed by atoms with van der Waals surface area (Å²) < 4.78 is 98.1. The molecule has 111 heavy (non-hydrogen) atoms. The predicted octanol–water partition coefficient (Wildman–Crippen LogP) is 18.1. The summed E-state index contributed by atoms with van der Waals surface area (Å²) in [7, 11) is 0. The van der Waals surface area contributed by atoms with Crippen LogP contribution < -0.4 is 17.2 Å². The van der Waals surface area contributed by atoms with Crippen LogP contribution in [0.1, 0.15) is 135 Å². The van der Waals surface area contributed by atoms with Crippen molar-refractivity contribution in [1.82, 2.24) is 39.6 Å². The molecule has 3 aliphatic rings. The van der Waals surface area contributed by atoms with Gasteiger partial charge in [0.1, 0.15) is 46.2 Å². The van der Waals surface area contributed by atoms with E-state index in [4.69, 9.17) is 58.8 Å². The number of aryl methyl sites for hydroxylation is 5. The summed E-state index contributed by atoms with van der Waals surface area (Å²) in [5.41, 5.74) is 27.2. The van der Waals surface area contributed by atoms with E-state index in [1.165, 1.54) is 51.6 Å². The number of anilines is 2. The molecule has 0 atom stereocenters. The van der Waals surface area contributed by atoms with Crippen molar-refractivity contribution in [3.05, 3.63) is 220 Å².